The lowest BCUT2D eigenvalue weighted by atomic mass is 10.0. The summed E-state index contributed by atoms with van der Waals surface area (Å²) in [5, 5.41) is 3.34. The summed E-state index contributed by atoms with van der Waals surface area (Å²) in [4.78, 5) is 11.1. The fraction of sp³-hybridized carbons (Fsp3) is 0.769. The number of hydrogen-bond donors (Lipinski definition) is 1. The number of hydrogen-bond acceptors (Lipinski definition) is 3. The molecule has 0 amide bonds. The van der Waals surface area contributed by atoms with E-state index in [4.69, 9.17) is 0 Å². The predicted octanol–water partition coefficient (Wildman–Crippen LogP) is 2.28. The quantitative estimate of drug-likeness (QED) is 0.428. The Morgan fingerprint density at radius 2 is 2.12 bits per heavy atom. The second-order valence-corrected chi connectivity index (χ2v) is 4.52. The molecule has 0 radical (unpaired) electrons. The Morgan fingerprint density at radius 3 is 2.75 bits per heavy atom. The molecule has 0 saturated heterocycles. The van der Waals surface area contributed by atoms with Gasteiger partial charge in [-0.25, -0.2) is 4.79 Å². The van der Waals surface area contributed by atoms with E-state index in [2.05, 4.69) is 10.1 Å². The smallest absolute Gasteiger partial charge is 0.333 e. The Kier molecular flexibility index (Phi) is 6.16. The van der Waals surface area contributed by atoms with Gasteiger partial charge in [-0.1, -0.05) is 31.8 Å². The van der Waals surface area contributed by atoms with Crippen molar-refractivity contribution in [3.8, 4) is 0 Å². The van der Waals surface area contributed by atoms with Crippen molar-refractivity contribution in [3.63, 3.8) is 0 Å². The molecule has 1 rings (SSSR count). The Labute approximate surface area is 98.2 Å². The highest BCUT2D eigenvalue weighted by molar-refractivity contribution is 5.87. The normalized spacial score (nSPS) is 17.8. The van der Waals surface area contributed by atoms with Gasteiger partial charge in [-0.05, 0) is 25.8 Å². The van der Waals surface area contributed by atoms with Gasteiger partial charge in [-0.3, -0.25) is 0 Å². The highest BCUT2D eigenvalue weighted by Gasteiger charge is 2.13. The van der Waals surface area contributed by atoms with Crippen molar-refractivity contribution in [2.24, 2.45) is 5.92 Å². The van der Waals surface area contributed by atoms with Gasteiger partial charge in [-0.2, -0.15) is 0 Å². The largest absolute Gasteiger partial charge is 0.466 e. The summed E-state index contributed by atoms with van der Waals surface area (Å²) >= 11 is 0. The summed E-state index contributed by atoms with van der Waals surface area (Å²) in [6.45, 7) is 3.59. The molecule has 0 bridgehead atoms. The molecule has 0 aromatic carbocycles. The molecule has 1 N–H and O–H groups in total. The summed E-state index contributed by atoms with van der Waals surface area (Å²) in [5.74, 6) is 0.691. The minimum atomic E-state index is -0.238. The van der Waals surface area contributed by atoms with Crippen LogP contribution in [0.1, 0.15) is 39.0 Å². The number of carbonyl (C=O) groups excluding carboxylic acids is 1. The van der Waals surface area contributed by atoms with Crippen LogP contribution < -0.4 is 5.32 Å². The van der Waals surface area contributed by atoms with Crippen LogP contribution in [0.25, 0.3) is 0 Å². The molecule has 1 aliphatic rings. The molecule has 1 saturated carbocycles. The van der Waals surface area contributed by atoms with Gasteiger partial charge in [0.25, 0.3) is 0 Å². The molecule has 0 spiro atoms. The zero-order chi connectivity index (χ0) is 11.8. The van der Waals surface area contributed by atoms with E-state index in [1.54, 1.807) is 6.92 Å². The zero-order valence-corrected chi connectivity index (χ0v) is 10.4. The molecule has 3 nitrogen and oxygen atoms in total. The van der Waals surface area contributed by atoms with Gasteiger partial charge in [0.05, 0.1) is 7.11 Å². The van der Waals surface area contributed by atoms with Crippen molar-refractivity contribution in [3.05, 3.63) is 11.6 Å². The third-order valence-electron chi connectivity index (χ3n) is 3.26. The van der Waals surface area contributed by atoms with E-state index in [-0.39, 0.29) is 5.97 Å². The first-order chi connectivity index (χ1) is 7.74. The Morgan fingerprint density at radius 1 is 1.44 bits per heavy atom. The molecule has 16 heavy (non-hydrogen) atoms. The minimum absolute atomic E-state index is 0.238. The van der Waals surface area contributed by atoms with Crippen molar-refractivity contribution in [2.45, 2.75) is 39.0 Å². The van der Waals surface area contributed by atoms with Crippen molar-refractivity contribution >= 4 is 5.97 Å². The SMILES string of the molecule is COC(=O)C(C)=CCNCCC1CCCC1. The summed E-state index contributed by atoms with van der Waals surface area (Å²) in [5.41, 5.74) is 0.677. The fourth-order valence-electron chi connectivity index (χ4n) is 2.18. The lowest BCUT2D eigenvalue weighted by Crippen LogP contribution is -2.18. The van der Waals surface area contributed by atoms with E-state index in [9.17, 15) is 4.79 Å². The third-order valence-corrected chi connectivity index (χ3v) is 3.26. The third kappa shape index (κ3) is 4.79. The minimum Gasteiger partial charge on any atom is -0.466 e. The maximum atomic E-state index is 11.1. The van der Waals surface area contributed by atoms with Gasteiger partial charge in [0.1, 0.15) is 0 Å². The van der Waals surface area contributed by atoms with E-state index in [1.807, 2.05) is 6.08 Å². The predicted molar refractivity (Wildman–Crippen MR) is 65.2 cm³/mol. The molecule has 3 heteroatoms. The number of rotatable bonds is 6. The number of ether oxygens (including phenoxy) is 1. The van der Waals surface area contributed by atoms with Crippen molar-refractivity contribution in [2.75, 3.05) is 20.2 Å². The van der Waals surface area contributed by atoms with Crippen LogP contribution in [0.4, 0.5) is 0 Å². The monoisotopic (exact) mass is 225 g/mol. The number of methoxy groups -OCH3 is 1. The average Bonchev–Trinajstić information content (AvgIpc) is 2.80. The summed E-state index contributed by atoms with van der Waals surface area (Å²) in [6, 6.07) is 0. The van der Waals surface area contributed by atoms with Crippen molar-refractivity contribution in [1.29, 1.82) is 0 Å². The number of esters is 1. The lowest BCUT2D eigenvalue weighted by molar-refractivity contribution is -0.136. The van der Waals surface area contributed by atoms with Crippen molar-refractivity contribution < 1.29 is 9.53 Å². The molecule has 0 heterocycles. The topological polar surface area (TPSA) is 38.3 Å². The van der Waals surface area contributed by atoms with E-state index in [1.165, 1.54) is 39.2 Å². The molecular weight excluding hydrogens is 202 g/mol. The van der Waals surface area contributed by atoms with Crippen LogP contribution in [0.15, 0.2) is 11.6 Å². The first kappa shape index (κ1) is 13.2. The van der Waals surface area contributed by atoms with E-state index >= 15 is 0 Å². The second kappa shape index (κ2) is 7.44. The van der Waals surface area contributed by atoms with Crippen LogP contribution in [-0.2, 0) is 9.53 Å². The Balaban J connectivity index is 2.04. The van der Waals surface area contributed by atoms with E-state index in [0.717, 1.165) is 19.0 Å². The van der Waals surface area contributed by atoms with E-state index < -0.39 is 0 Å². The van der Waals surface area contributed by atoms with Crippen LogP contribution in [0.3, 0.4) is 0 Å². The molecule has 0 unspecified atom stereocenters. The molecule has 1 aliphatic carbocycles. The van der Waals surface area contributed by atoms with Gasteiger partial charge in [0, 0.05) is 12.1 Å². The zero-order valence-electron chi connectivity index (χ0n) is 10.4. The van der Waals surface area contributed by atoms with Crippen LogP contribution in [0, 0.1) is 5.92 Å². The van der Waals surface area contributed by atoms with Gasteiger partial charge >= 0.3 is 5.97 Å². The van der Waals surface area contributed by atoms with Gasteiger partial charge in [-0.15, -0.1) is 0 Å². The molecule has 92 valence electrons. The highest BCUT2D eigenvalue weighted by Crippen LogP contribution is 2.26. The number of nitrogens with one attached hydrogen (secondary N) is 1. The van der Waals surface area contributed by atoms with E-state index in [0.29, 0.717) is 5.57 Å². The molecule has 0 aliphatic heterocycles. The first-order valence-corrected chi connectivity index (χ1v) is 6.20. The summed E-state index contributed by atoms with van der Waals surface area (Å²) in [6.07, 6.45) is 8.78. The fourth-order valence-corrected chi connectivity index (χ4v) is 2.18. The van der Waals surface area contributed by atoms with Crippen LogP contribution in [-0.4, -0.2) is 26.2 Å². The standard InChI is InChI=1S/C13H23NO2/c1-11(13(15)16-2)7-9-14-10-8-12-5-3-4-6-12/h7,12,14H,3-6,8-10H2,1-2H3. The summed E-state index contributed by atoms with van der Waals surface area (Å²) in [7, 11) is 1.41. The van der Waals surface area contributed by atoms with Crippen LogP contribution in [0.5, 0.6) is 0 Å². The average molecular weight is 225 g/mol. The number of carbonyl (C=O) groups is 1. The molecule has 0 aromatic heterocycles. The van der Waals surface area contributed by atoms with Crippen LogP contribution >= 0.6 is 0 Å². The Hall–Kier alpha value is -0.830. The maximum absolute atomic E-state index is 11.1. The van der Waals surface area contributed by atoms with Crippen molar-refractivity contribution in [1.82, 2.24) is 5.32 Å². The highest BCUT2D eigenvalue weighted by atomic mass is 16.5. The molecule has 0 atom stereocenters. The van der Waals surface area contributed by atoms with Crippen LogP contribution in [0.2, 0.25) is 0 Å². The first-order valence-electron chi connectivity index (χ1n) is 6.20. The Bertz CT molecular complexity index is 242. The van der Waals surface area contributed by atoms with Gasteiger partial charge in [0.2, 0.25) is 0 Å². The lowest BCUT2D eigenvalue weighted by Gasteiger charge is -2.08. The second-order valence-electron chi connectivity index (χ2n) is 4.52. The van der Waals surface area contributed by atoms with Gasteiger partial charge < -0.3 is 10.1 Å². The molecule has 1 fully saturated rings. The molecular formula is C13H23NO2. The summed E-state index contributed by atoms with van der Waals surface area (Å²) < 4.78 is 4.62. The maximum Gasteiger partial charge on any atom is 0.333 e. The molecule has 0 aromatic rings. The van der Waals surface area contributed by atoms with Gasteiger partial charge in [0.15, 0.2) is 0 Å².